The first-order valence-corrected chi connectivity index (χ1v) is 13.2. The number of methoxy groups -OCH3 is 1. The van der Waals surface area contributed by atoms with E-state index in [1.807, 2.05) is 40.9 Å². The monoisotopic (exact) mass is 560 g/mol. The Morgan fingerprint density at radius 1 is 0.927 bits per heavy atom. The number of alkyl halides is 3. The molecular weight excluding hydrogens is 533 g/mol. The number of halogens is 3. The summed E-state index contributed by atoms with van der Waals surface area (Å²) in [6, 6.07) is 19.9. The molecule has 41 heavy (non-hydrogen) atoms. The lowest BCUT2D eigenvalue weighted by Gasteiger charge is -2.34. The predicted octanol–water partition coefficient (Wildman–Crippen LogP) is 6.25. The maximum absolute atomic E-state index is 13.4. The number of fused-ring (bicyclic) bond motifs is 1. The SMILES string of the molecule is COc1cccc(-c2nc3ccc(-c4cccc(C(F)(F)F)c4)cn3c2CN2CCN(C(=O)c3ccco3)CC2)c1. The van der Waals surface area contributed by atoms with Crippen molar-refractivity contribution in [3.8, 4) is 28.1 Å². The van der Waals surface area contributed by atoms with Crippen LogP contribution in [-0.2, 0) is 12.7 Å². The van der Waals surface area contributed by atoms with Crippen LogP contribution >= 0.6 is 0 Å². The number of carbonyl (C=O) groups excluding carboxylic acids is 1. The number of hydrogen-bond donors (Lipinski definition) is 0. The normalized spacial score (nSPS) is 14.5. The molecule has 1 fully saturated rings. The van der Waals surface area contributed by atoms with Crippen molar-refractivity contribution in [2.75, 3.05) is 33.3 Å². The molecule has 0 unspecified atom stereocenters. The first kappa shape index (κ1) is 26.6. The van der Waals surface area contributed by atoms with Crippen LogP contribution in [0.15, 0.2) is 89.7 Å². The summed E-state index contributed by atoms with van der Waals surface area (Å²) in [6.07, 6.45) is -1.10. The van der Waals surface area contributed by atoms with Crippen LogP contribution in [0.4, 0.5) is 13.2 Å². The zero-order valence-corrected chi connectivity index (χ0v) is 22.3. The number of hydrogen-bond acceptors (Lipinski definition) is 5. The molecule has 7 nitrogen and oxygen atoms in total. The van der Waals surface area contributed by atoms with Gasteiger partial charge in [-0.25, -0.2) is 4.98 Å². The zero-order valence-electron chi connectivity index (χ0n) is 22.3. The standard InChI is InChI=1S/C31H27F3N4O3/c1-40-25-8-3-6-22(18-25)29-26(20-36-12-14-37(15-13-36)30(39)27-9-4-16-41-27)38-19-23(10-11-28(38)35-29)21-5-2-7-24(17-21)31(32,33)34/h2-11,16-19H,12-15,20H2,1H3. The van der Waals surface area contributed by atoms with E-state index in [4.69, 9.17) is 14.1 Å². The fourth-order valence-corrected chi connectivity index (χ4v) is 5.17. The lowest BCUT2D eigenvalue weighted by atomic mass is 10.0. The molecule has 0 bridgehead atoms. The average Bonchev–Trinajstić information content (AvgIpc) is 3.66. The number of carbonyl (C=O) groups is 1. The van der Waals surface area contributed by atoms with Crippen molar-refractivity contribution in [1.29, 1.82) is 0 Å². The molecule has 0 radical (unpaired) electrons. The molecule has 1 amide bonds. The van der Waals surface area contributed by atoms with Crippen LogP contribution in [0.3, 0.4) is 0 Å². The number of imidazole rings is 1. The van der Waals surface area contributed by atoms with Crippen molar-refractivity contribution in [1.82, 2.24) is 19.2 Å². The van der Waals surface area contributed by atoms with Gasteiger partial charge in [-0.3, -0.25) is 9.69 Å². The maximum Gasteiger partial charge on any atom is 0.416 e. The van der Waals surface area contributed by atoms with Gasteiger partial charge in [0.25, 0.3) is 5.91 Å². The van der Waals surface area contributed by atoms with Gasteiger partial charge in [0.1, 0.15) is 11.4 Å². The van der Waals surface area contributed by atoms with E-state index in [-0.39, 0.29) is 5.91 Å². The minimum absolute atomic E-state index is 0.132. The number of amides is 1. The molecule has 0 saturated carbocycles. The van der Waals surface area contributed by atoms with Gasteiger partial charge in [0.05, 0.1) is 30.3 Å². The van der Waals surface area contributed by atoms with E-state index < -0.39 is 11.7 Å². The Labute approximate surface area is 234 Å². The molecule has 1 saturated heterocycles. The topological polar surface area (TPSA) is 63.2 Å². The van der Waals surface area contributed by atoms with Crippen molar-refractivity contribution in [3.05, 3.63) is 102 Å². The lowest BCUT2D eigenvalue weighted by molar-refractivity contribution is -0.137. The zero-order chi connectivity index (χ0) is 28.6. The number of piperazine rings is 1. The Morgan fingerprint density at radius 2 is 1.71 bits per heavy atom. The fraction of sp³-hybridized carbons (Fsp3) is 0.226. The van der Waals surface area contributed by atoms with E-state index in [1.54, 1.807) is 36.3 Å². The van der Waals surface area contributed by atoms with Gasteiger partial charge in [0.2, 0.25) is 0 Å². The molecule has 0 aliphatic carbocycles. The van der Waals surface area contributed by atoms with Gasteiger partial charge < -0.3 is 18.5 Å². The number of benzene rings is 2. The highest BCUT2D eigenvalue weighted by molar-refractivity contribution is 5.91. The molecule has 4 heterocycles. The van der Waals surface area contributed by atoms with Gasteiger partial charge in [-0.1, -0.05) is 24.3 Å². The predicted molar refractivity (Wildman–Crippen MR) is 148 cm³/mol. The molecule has 0 N–H and O–H groups in total. The summed E-state index contributed by atoms with van der Waals surface area (Å²) in [5.74, 6) is 0.884. The van der Waals surface area contributed by atoms with Crippen LogP contribution < -0.4 is 4.74 Å². The van der Waals surface area contributed by atoms with Gasteiger partial charge in [-0.05, 0) is 59.7 Å². The second-order valence-corrected chi connectivity index (χ2v) is 9.91. The van der Waals surface area contributed by atoms with Crippen molar-refractivity contribution in [3.63, 3.8) is 0 Å². The van der Waals surface area contributed by atoms with Gasteiger partial charge in [-0.15, -0.1) is 0 Å². The van der Waals surface area contributed by atoms with Crippen LogP contribution in [-0.4, -0.2) is 58.4 Å². The summed E-state index contributed by atoms with van der Waals surface area (Å²) >= 11 is 0. The molecule has 10 heteroatoms. The summed E-state index contributed by atoms with van der Waals surface area (Å²) in [7, 11) is 1.61. The number of pyridine rings is 1. The van der Waals surface area contributed by atoms with Crippen molar-refractivity contribution >= 4 is 11.6 Å². The number of furan rings is 1. The molecule has 1 aliphatic heterocycles. The van der Waals surface area contributed by atoms with Gasteiger partial charge in [0, 0.05) is 44.5 Å². The second-order valence-electron chi connectivity index (χ2n) is 9.91. The molecule has 2 aromatic carbocycles. The van der Waals surface area contributed by atoms with Crippen molar-refractivity contribution in [2.24, 2.45) is 0 Å². The molecule has 5 aromatic rings. The Bertz CT molecular complexity index is 1690. The third-order valence-corrected chi connectivity index (χ3v) is 7.35. The largest absolute Gasteiger partial charge is 0.497 e. The van der Waals surface area contributed by atoms with E-state index in [0.717, 1.165) is 29.1 Å². The van der Waals surface area contributed by atoms with Crippen LogP contribution in [0, 0.1) is 0 Å². The number of nitrogens with zero attached hydrogens (tertiary/aromatic N) is 4. The van der Waals surface area contributed by atoms with E-state index in [9.17, 15) is 18.0 Å². The molecule has 3 aromatic heterocycles. The summed E-state index contributed by atoms with van der Waals surface area (Å²) < 4.78 is 52.9. The summed E-state index contributed by atoms with van der Waals surface area (Å²) in [6.45, 7) is 2.90. The maximum atomic E-state index is 13.4. The molecule has 0 spiro atoms. The lowest BCUT2D eigenvalue weighted by Crippen LogP contribution is -2.48. The third kappa shape index (κ3) is 5.43. The highest BCUT2D eigenvalue weighted by Gasteiger charge is 2.30. The Kier molecular flexibility index (Phi) is 7.00. The molecule has 6 rings (SSSR count). The minimum atomic E-state index is -4.43. The first-order valence-electron chi connectivity index (χ1n) is 13.2. The fourth-order valence-electron chi connectivity index (χ4n) is 5.17. The van der Waals surface area contributed by atoms with E-state index in [0.29, 0.717) is 61.0 Å². The summed E-state index contributed by atoms with van der Waals surface area (Å²) in [4.78, 5) is 21.7. The summed E-state index contributed by atoms with van der Waals surface area (Å²) in [5.41, 5.74) is 3.63. The van der Waals surface area contributed by atoms with E-state index in [1.165, 1.54) is 12.3 Å². The smallest absolute Gasteiger partial charge is 0.416 e. The van der Waals surface area contributed by atoms with Crippen LogP contribution in [0.1, 0.15) is 21.8 Å². The van der Waals surface area contributed by atoms with E-state index >= 15 is 0 Å². The van der Waals surface area contributed by atoms with Gasteiger partial charge in [0.15, 0.2) is 5.76 Å². The molecule has 0 atom stereocenters. The highest BCUT2D eigenvalue weighted by atomic mass is 19.4. The van der Waals surface area contributed by atoms with Crippen LogP contribution in [0.25, 0.3) is 28.0 Å². The van der Waals surface area contributed by atoms with Gasteiger partial charge in [-0.2, -0.15) is 13.2 Å². The molecular formula is C31H27F3N4O3. The van der Waals surface area contributed by atoms with E-state index in [2.05, 4.69) is 4.90 Å². The first-order chi connectivity index (χ1) is 19.8. The molecule has 210 valence electrons. The Morgan fingerprint density at radius 3 is 2.44 bits per heavy atom. The van der Waals surface area contributed by atoms with Crippen LogP contribution in [0.2, 0.25) is 0 Å². The van der Waals surface area contributed by atoms with Crippen molar-refractivity contribution < 1.29 is 27.1 Å². The highest BCUT2D eigenvalue weighted by Crippen LogP contribution is 2.34. The van der Waals surface area contributed by atoms with Crippen LogP contribution in [0.5, 0.6) is 5.75 Å². The number of aromatic nitrogens is 2. The summed E-state index contributed by atoms with van der Waals surface area (Å²) in [5, 5.41) is 0. The number of rotatable bonds is 6. The Hall–Kier alpha value is -4.57. The molecule has 1 aliphatic rings. The third-order valence-electron chi connectivity index (χ3n) is 7.35. The Balaban J connectivity index is 1.35. The quantitative estimate of drug-likeness (QED) is 0.246. The van der Waals surface area contributed by atoms with Crippen molar-refractivity contribution in [2.45, 2.75) is 12.7 Å². The minimum Gasteiger partial charge on any atom is -0.497 e. The second kappa shape index (κ2) is 10.8. The van der Waals surface area contributed by atoms with Gasteiger partial charge >= 0.3 is 6.18 Å². The number of ether oxygens (including phenoxy) is 1. The average molecular weight is 561 g/mol.